The van der Waals surface area contributed by atoms with E-state index in [2.05, 4.69) is 23.9 Å². The van der Waals surface area contributed by atoms with Crippen LogP contribution in [0.3, 0.4) is 0 Å². The molecule has 1 aliphatic heterocycles. The summed E-state index contributed by atoms with van der Waals surface area (Å²) in [7, 11) is -3.61. The summed E-state index contributed by atoms with van der Waals surface area (Å²) in [5.74, 6) is 0.118. The highest BCUT2D eigenvalue weighted by Crippen LogP contribution is 2.39. The summed E-state index contributed by atoms with van der Waals surface area (Å²) in [6, 6.07) is 4.77. The highest BCUT2D eigenvalue weighted by atomic mass is 32.2. The van der Waals surface area contributed by atoms with Gasteiger partial charge in [0.15, 0.2) is 0 Å². The van der Waals surface area contributed by atoms with E-state index >= 15 is 0 Å². The lowest BCUT2D eigenvalue weighted by Crippen LogP contribution is -2.47. The van der Waals surface area contributed by atoms with E-state index < -0.39 is 10.0 Å². The Hall–Kier alpha value is -1.44. The summed E-state index contributed by atoms with van der Waals surface area (Å²) < 4.78 is 28.5. The molecule has 25 heavy (non-hydrogen) atoms. The summed E-state index contributed by atoms with van der Waals surface area (Å²) in [5, 5.41) is 2.77. The Balaban J connectivity index is 1.79. The number of anilines is 1. The van der Waals surface area contributed by atoms with Gasteiger partial charge in [0.1, 0.15) is 0 Å². The van der Waals surface area contributed by atoms with E-state index in [0.717, 1.165) is 24.8 Å². The third kappa shape index (κ3) is 4.04. The normalized spacial score (nSPS) is 26.0. The molecule has 0 spiro atoms. The molecule has 2 unspecified atom stereocenters. The topological polar surface area (TPSA) is 101 Å². The van der Waals surface area contributed by atoms with E-state index in [1.165, 1.54) is 0 Å². The van der Waals surface area contributed by atoms with Gasteiger partial charge in [0.05, 0.1) is 4.90 Å². The van der Waals surface area contributed by atoms with Crippen LogP contribution in [0.25, 0.3) is 0 Å². The van der Waals surface area contributed by atoms with Crippen molar-refractivity contribution in [2.24, 2.45) is 17.1 Å². The van der Waals surface area contributed by atoms with E-state index in [9.17, 15) is 13.2 Å². The molecule has 1 aromatic carbocycles. The Morgan fingerprint density at radius 1 is 1.32 bits per heavy atom. The lowest BCUT2D eigenvalue weighted by Gasteiger charge is -2.40. The van der Waals surface area contributed by atoms with Crippen LogP contribution < -0.4 is 15.8 Å². The number of hydrogen-bond donors (Lipinski definition) is 3. The number of benzene rings is 1. The van der Waals surface area contributed by atoms with Crippen LogP contribution in [0.5, 0.6) is 0 Å². The second-order valence-electron chi connectivity index (χ2n) is 8.00. The van der Waals surface area contributed by atoms with Crippen molar-refractivity contribution in [3.05, 3.63) is 23.8 Å². The van der Waals surface area contributed by atoms with E-state index in [0.29, 0.717) is 25.1 Å². The van der Waals surface area contributed by atoms with Crippen molar-refractivity contribution < 1.29 is 13.2 Å². The number of carbonyl (C=O) groups is 1. The molecule has 4 N–H and O–H groups in total. The van der Waals surface area contributed by atoms with E-state index in [1.54, 1.807) is 18.2 Å². The Morgan fingerprint density at radius 3 is 2.80 bits per heavy atom. The Kier molecular flexibility index (Phi) is 4.92. The number of amides is 1. The van der Waals surface area contributed by atoms with Gasteiger partial charge in [-0.3, -0.25) is 4.79 Å². The molecular formula is C18H27N3O3S. The first-order chi connectivity index (χ1) is 11.7. The zero-order chi connectivity index (χ0) is 18.2. The second kappa shape index (κ2) is 6.70. The number of sulfonamides is 1. The van der Waals surface area contributed by atoms with E-state index in [1.807, 2.05) is 0 Å². The molecule has 1 heterocycles. The minimum absolute atomic E-state index is 0.0307. The van der Waals surface area contributed by atoms with Crippen LogP contribution in [-0.4, -0.2) is 26.9 Å². The predicted octanol–water partition coefficient (Wildman–Crippen LogP) is 2.00. The van der Waals surface area contributed by atoms with Crippen molar-refractivity contribution in [1.29, 1.82) is 0 Å². The molecule has 1 amide bonds. The van der Waals surface area contributed by atoms with Crippen molar-refractivity contribution in [3.63, 3.8) is 0 Å². The minimum atomic E-state index is -3.61. The van der Waals surface area contributed by atoms with Gasteiger partial charge in [-0.15, -0.1) is 0 Å². The maximum Gasteiger partial charge on any atom is 0.240 e. The first-order valence-corrected chi connectivity index (χ1v) is 10.3. The van der Waals surface area contributed by atoms with Crippen LogP contribution in [0.15, 0.2) is 23.1 Å². The minimum Gasteiger partial charge on any atom is -0.330 e. The molecule has 138 valence electrons. The molecule has 0 saturated heterocycles. The van der Waals surface area contributed by atoms with Gasteiger partial charge in [0.25, 0.3) is 0 Å². The van der Waals surface area contributed by atoms with Gasteiger partial charge in [-0.05, 0) is 67.3 Å². The summed E-state index contributed by atoms with van der Waals surface area (Å²) in [4.78, 5) is 11.7. The molecule has 2 aliphatic rings. The standard InChI is InChI=1S/C18H27N3O3S/c1-18(2)8-7-16(13(10-18)11-19)21-25(23,24)14-4-5-15-12(9-14)3-6-17(22)20-15/h4-5,9,13,16,21H,3,6-8,10-11,19H2,1-2H3,(H,20,22). The van der Waals surface area contributed by atoms with Crippen molar-refractivity contribution in [1.82, 2.24) is 4.72 Å². The monoisotopic (exact) mass is 365 g/mol. The van der Waals surface area contributed by atoms with E-state index in [4.69, 9.17) is 5.73 Å². The molecule has 1 aliphatic carbocycles. The summed E-state index contributed by atoms with van der Waals surface area (Å²) in [6.45, 7) is 4.89. The Bertz CT molecular complexity index is 774. The van der Waals surface area contributed by atoms with Crippen molar-refractivity contribution in [3.8, 4) is 0 Å². The fourth-order valence-electron chi connectivity index (χ4n) is 3.93. The SMILES string of the molecule is CC1(C)CCC(NS(=O)(=O)c2ccc3c(c2)CCC(=O)N3)C(CN)C1. The van der Waals surface area contributed by atoms with Gasteiger partial charge < -0.3 is 11.1 Å². The predicted molar refractivity (Wildman–Crippen MR) is 97.7 cm³/mol. The van der Waals surface area contributed by atoms with Crippen LogP contribution in [0, 0.1) is 11.3 Å². The first-order valence-electron chi connectivity index (χ1n) is 8.85. The van der Waals surface area contributed by atoms with Crippen molar-refractivity contribution >= 4 is 21.6 Å². The molecule has 2 atom stereocenters. The number of fused-ring (bicyclic) bond motifs is 1. The number of nitrogens with one attached hydrogen (secondary N) is 2. The lowest BCUT2D eigenvalue weighted by molar-refractivity contribution is -0.116. The number of hydrogen-bond acceptors (Lipinski definition) is 4. The van der Waals surface area contributed by atoms with Crippen LogP contribution in [0.2, 0.25) is 0 Å². The molecule has 1 saturated carbocycles. The molecule has 3 rings (SSSR count). The fraction of sp³-hybridized carbons (Fsp3) is 0.611. The van der Waals surface area contributed by atoms with Crippen LogP contribution in [-0.2, 0) is 21.2 Å². The van der Waals surface area contributed by atoms with Gasteiger partial charge in [0, 0.05) is 18.2 Å². The third-order valence-corrected chi connectivity index (χ3v) is 6.90. The van der Waals surface area contributed by atoms with Gasteiger partial charge in [-0.1, -0.05) is 13.8 Å². The molecule has 7 heteroatoms. The Morgan fingerprint density at radius 2 is 2.08 bits per heavy atom. The van der Waals surface area contributed by atoms with Crippen molar-refractivity contribution in [2.45, 2.75) is 56.9 Å². The molecule has 6 nitrogen and oxygen atoms in total. The van der Waals surface area contributed by atoms with Gasteiger partial charge >= 0.3 is 0 Å². The van der Waals surface area contributed by atoms with Crippen LogP contribution in [0.4, 0.5) is 5.69 Å². The fourth-order valence-corrected chi connectivity index (χ4v) is 5.32. The summed E-state index contributed by atoms with van der Waals surface area (Å²) in [6.07, 6.45) is 3.65. The number of aryl methyl sites for hydroxylation is 1. The quantitative estimate of drug-likeness (QED) is 0.759. The maximum atomic E-state index is 12.8. The largest absolute Gasteiger partial charge is 0.330 e. The van der Waals surface area contributed by atoms with Crippen molar-refractivity contribution in [2.75, 3.05) is 11.9 Å². The van der Waals surface area contributed by atoms with Gasteiger partial charge in [-0.2, -0.15) is 0 Å². The highest BCUT2D eigenvalue weighted by molar-refractivity contribution is 7.89. The average Bonchev–Trinajstić information content (AvgIpc) is 2.55. The molecule has 1 aromatic rings. The van der Waals surface area contributed by atoms with Crippen LogP contribution in [0.1, 0.15) is 45.1 Å². The second-order valence-corrected chi connectivity index (χ2v) is 9.71. The molecule has 1 fully saturated rings. The Labute approximate surface area is 149 Å². The zero-order valence-corrected chi connectivity index (χ0v) is 15.7. The first kappa shape index (κ1) is 18.4. The summed E-state index contributed by atoms with van der Waals surface area (Å²) >= 11 is 0. The molecule has 0 aromatic heterocycles. The maximum absolute atomic E-state index is 12.8. The van der Waals surface area contributed by atoms with Crippen LogP contribution >= 0.6 is 0 Å². The third-order valence-electron chi connectivity index (χ3n) is 5.41. The number of rotatable bonds is 4. The van der Waals surface area contributed by atoms with E-state index in [-0.39, 0.29) is 28.2 Å². The molecule has 0 radical (unpaired) electrons. The molecular weight excluding hydrogens is 338 g/mol. The lowest BCUT2D eigenvalue weighted by atomic mass is 9.70. The molecule has 0 bridgehead atoms. The summed E-state index contributed by atoms with van der Waals surface area (Å²) in [5.41, 5.74) is 7.67. The average molecular weight is 365 g/mol. The number of carbonyl (C=O) groups excluding carboxylic acids is 1. The van der Waals surface area contributed by atoms with Gasteiger partial charge in [-0.25, -0.2) is 13.1 Å². The highest BCUT2D eigenvalue weighted by Gasteiger charge is 2.36. The zero-order valence-electron chi connectivity index (χ0n) is 14.8. The number of nitrogens with two attached hydrogens (primary N) is 1. The smallest absolute Gasteiger partial charge is 0.240 e. The van der Waals surface area contributed by atoms with Gasteiger partial charge in [0.2, 0.25) is 15.9 Å².